The monoisotopic (exact) mass is 415 g/mol. The van der Waals surface area contributed by atoms with Crippen LogP contribution in [0.25, 0.3) is 0 Å². The lowest BCUT2D eigenvalue weighted by Crippen LogP contribution is -2.39. The van der Waals surface area contributed by atoms with E-state index in [1.807, 2.05) is 0 Å². The lowest BCUT2D eigenvalue weighted by atomic mass is 9.96. The van der Waals surface area contributed by atoms with Crippen LogP contribution < -0.4 is 4.91 Å². The Balaban J connectivity index is 2.53. The number of benzene rings is 1. The Hall–Kier alpha value is -1.60. The molecule has 0 aliphatic carbocycles. The summed E-state index contributed by atoms with van der Waals surface area (Å²) in [6, 6.07) is 2.66. The van der Waals surface area contributed by atoms with E-state index in [0.717, 1.165) is 0 Å². The van der Waals surface area contributed by atoms with E-state index < -0.39 is 53.1 Å². The Morgan fingerprint density at radius 2 is 1.58 bits per heavy atom. The van der Waals surface area contributed by atoms with E-state index in [1.165, 1.54) is 0 Å². The zero-order valence-corrected chi connectivity index (χ0v) is 14.3. The number of nitrogens with zero attached hydrogens (tertiary/aromatic N) is 1. The summed E-state index contributed by atoms with van der Waals surface area (Å²) in [6.07, 6.45) is -10.1. The topological polar surface area (TPSA) is 67.3 Å². The van der Waals surface area contributed by atoms with Crippen LogP contribution in [0.2, 0.25) is 0 Å². The maximum atomic E-state index is 12.9. The summed E-state index contributed by atoms with van der Waals surface area (Å²) in [6.45, 7) is 0.460. The second kappa shape index (κ2) is 6.24. The van der Waals surface area contributed by atoms with Crippen molar-refractivity contribution in [2.24, 2.45) is 0 Å². The molecule has 0 fully saturated rings. The van der Waals surface area contributed by atoms with Crippen LogP contribution in [0.3, 0.4) is 0 Å². The number of aromatic nitrogens is 1. The molecule has 0 saturated carbocycles. The summed E-state index contributed by atoms with van der Waals surface area (Å²) in [5.74, 6) is 0. The molecule has 1 atom stereocenters. The normalized spacial score (nSPS) is 15.7. The zero-order valence-electron chi connectivity index (χ0n) is 12.7. The first kappa shape index (κ1) is 20.7. The number of hydrogen-bond donors (Lipinski definition) is 1. The lowest BCUT2D eigenvalue weighted by Gasteiger charge is -2.26. The van der Waals surface area contributed by atoms with Crippen LogP contribution in [0.4, 0.5) is 26.3 Å². The van der Waals surface area contributed by atoms with Crippen LogP contribution in [0, 0.1) is 0 Å². The van der Waals surface area contributed by atoms with Crippen molar-refractivity contribution < 1.29 is 39.9 Å². The minimum Gasteiger partial charge on any atom is -0.376 e. The van der Waals surface area contributed by atoms with Crippen LogP contribution in [0.15, 0.2) is 33.4 Å². The van der Waals surface area contributed by atoms with E-state index in [-0.39, 0.29) is 11.3 Å². The third-order valence-electron chi connectivity index (χ3n) is 3.40. The van der Waals surface area contributed by atoms with Gasteiger partial charge in [-0.1, -0.05) is 12.1 Å². The molecule has 2 rings (SSSR count). The van der Waals surface area contributed by atoms with Gasteiger partial charge in [-0.25, -0.2) is 13.4 Å². The highest BCUT2D eigenvalue weighted by molar-refractivity contribution is 7.93. The molecule has 4 nitrogen and oxygen atoms in total. The van der Waals surface area contributed by atoms with Crippen molar-refractivity contribution in [3.05, 3.63) is 35.5 Å². The van der Waals surface area contributed by atoms with Crippen LogP contribution in [-0.2, 0) is 21.6 Å². The number of aliphatic hydroxyl groups is 1. The minimum atomic E-state index is -5.09. The Labute approximate surface area is 148 Å². The van der Waals surface area contributed by atoms with E-state index >= 15 is 0 Å². The van der Waals surface area contributed by atoms with Gasteiger partial charge in [-0.3, -0.25) is 0 Å². The van der Waals surface area contributed by atoms with Crippen molar-refractivity contribution >= 4 is 33.9 Å². The number of halogens is 6. The van der Waals surface area contributed by atoms with E-state index in [1.54, 1.807) is 0 Å². The molecule has 2 radical (unpaired) electrons. The summed E-state index contributed by atoms with van der Waals surface area (Å²) >= 11 is 0.0863. The molecule has 0 aliphatic heterocycles. The molecule has 0 spiro atoms. The van der Waals surface area contributed by atoms with E-state index in [9.17, 15) is 39.9 Å². The molecular formula is C13H8BF6NO3S2. The smallest absolute Gasteiger partial charge is 0.376 e. The summed E-state index contributed by atoms with van der Waals surface area (Å²) in [4.78, 5) is 1.63. The molecule has 26 heavy (non-hydrogen) atoms. The average Bonchev–Trinajstić information content (AvgIpc) is 2.89. The third-order valence-corrected chi connectivity index (χ3v) is 6.57. The van der Waals surface area contributed by atoms with Gasteiger partial charge in [0, 0.05) is 4.91 Å². The minimum absolute atomic E-state index is 0.0863. The van der Waals surface area contributed by atoms with Crippen molar-refractivity contribution in [3.63, 3.8) is 0 Å². The van der Waals surface area contributed by atoms with Crippen molar-refractivity contribution in [3.8, 4) is 0 Å². The van der Waals surface area contributed by atoms with Gasteiger partial charge in [0.15, 0.2) is 23.4 Å². The Morgan fingerprint density at radius 3 is 2.00 bits per heavy atom. The molecule has 1 N–H and O–H groups in total. The van der Waals surface area contributed by atoms with Gasteiger partial charge in [0.1, 0.15) is 0 Å². The molecule has 1 aromatic heterocycles. The van der Waals surface area contributed by atoms with E-state index in [4.69, 9.17) is 7.85 Å². The highest BCUT2D eigenvalue weighted by Gasteiger charge is 2.51. The van der Waals surface area contributed by atoms with E-state index in [0.29, 0.717) is 31.2 Å². The van der Waals surface area contributed by atoms with Gasteiger partial charge >= 0.3 is 12.4 Å². The summed E-state index contributed by atoms with van der Waals surface area (Å²) < 4.78 is 101. The molecule has 2 aromatic rings. The standard InChI is InChI=1S/C13H8BF6NO3S2/c1-11(22,13(18,19)20)6-2-4-7(5-3-6)26(23,24)9-8(12(15,16)17)21-10(14)25-9/h2-5,22H,1H3. The predicted molar refractivity (Wildman–Crippen MR) is 80.0 cm³/mol. The fourth-order valence-electron chi connectivity index (χ4n) is 1.91. The quantitative estimate of drug-likeness (QED) is 0.619. The summed E-state index contributed by atoms with van der Waals surface area (Å²) in [7, 11) is 0.428. The van der Waals surface area contributed by atoms with E-state index in [2.05, 4.69) is 4.98 Å². The molecule has 0 saturated heterocycles. The molecule has 13 heteroatoms. The van der Waals surface area contributed by atoms with Gasteiger partial charge in [-0.15, -0.1) is 11.3 Å². The number of hydrogen-bond acceptors (Lipinski definition) is 5. The van der Waals surface area contributed by atoms with Crippen molar-refractivity contribution in [1.29, 1.82) is 0 Å². The van der Waals surface area contributed by atoms with Crippen molar-refractivity contribution in [2.45, 2.75) is 34.0 Å². The molecule has 1 heterocycles. The SMILES string of the molecule is [B]c1nc(C(F)(F)F)c(S(=O)(=O)c2ccc(C(C)(O)C(F)(F)F)cc2)s1. The molecule has 1 unspecified atom stereocenters. The Kier molecular flexibility index (Phi) is 4.97. The number of sulfone groups is 1. The largest absolute Gasteiger partial charge is 0.435 e. The Morgan fingerprint density at radius 1 is 1.08 bits per heavy atom. The number of alkyl halides is 6. The van der Waals surface area contributed by atoms with Gasteiger partial charge in [-0.05, 0) is 24.6 Å². The first-order chi connectivity index (χ1) is 11.6. The first-order valence-corrected chi connectivity index (χ1v) is 8.86. The van der Waals surface area contributed by atoms with Gasteiger partial charge in [-0.2, -0.15) is 26.3 Å². The van der Waals surface area contributed by atoms with Crippen LogP contribution in [0.1, 0.15) is 18.2 Å². The van der Waals surface area contributed by atoms with Crippen molar-refractivity contribution in [1.82, 2.24) is 4.98 Å². The summed E-state index contributed by atoms with van der Waals surface area (Å²) in [5.41, 5.74) is -5.64. The average molecular weight is 415 g/mol. The lowest BCUT2D eigenvalue weighted by molar-refractivity contribution is -0.258. The molecule has 0 amide bonds. The third kappa shape index (κ3) is 3.60. The number of thiazole rings is 1. The zero-order chi connectivity index (χ0) is 20.1. The molecule has 0 aliphatic rings. The predicted octanol–water partition coefficient (Wildman–Crippen LogP) is 2.56. The Bertz CT molecular complexity index is 917. The second-order valence-electron chi connectivity index (χ2n) is 5.28. The summed E-state index contributed by atoms with van der Waals surface area (Å²) in [5, 5.41) is 9.54. The highest BCUT2D eigenvalue weighted by atomic mass is 32.2. The second-order valence-corrected chi connectivity index (χ2v) is 8.46. The molecule has 1 aromatic carbocycles. The van der Waals surface area contributed by atoms with Gasteiger partial charge in [0.25, 0.3) is 0 Å². The van der Waals surface area contributed by atoms with Gasteiger partial charge in [0.2, 0.25) is 9.84 Å². The van der Waals surface area contributed by atoms with Crippen molar-refractivity contribution in [2.75, 3.05) is 0 Å². The fraction of sp³-hybridized carbons (Fsp3) is 0.308. The van der Waals surface area contributed by atoms with Crippen LogP contribution in [0.5, 0.6) is 0 Å². The maximum absolute atomic E-state index is 12.9. The fourth-order valence-corrected chi connectivity index (χ4v) is 4.61. The first-order valence-electron chi connectivity index (χ1n) is 6.56. The molecule has 0 bridgehead atoms. The van der Waals surface area contributed by atoms with Crippen LogP contribution >= 0.6 is 11.3 Å². The van der Waals surface area contributed by atoms with Gasteiger partial charge < -0.3 is 5.11 Å². The van der Waals surface area contributed by atoms with Crippen LogP contribution in [-0.4, -0.2) is 32.5 Å². The molecule has 140 valence electrons. The molecular weight excluding hydrogens is 407 g/mol. The number of rotatable bonds is 3. The highest BCUT2D eigenvalue weighted by Crippen LogP contribution is 2.40. The van der Waals surface area contributed by atoms with Gasteiger partial charge in [0.05, 0.1) is 4.90 Å². The maximum Gasteiger partial charge on any atom is 0.435 e.